The summed E-state index contributed by atoms with van der Waals surface area (Å²) < 4.78 is 30.3. The van der Waals surface area contributed by atoms with E-state index in [-0.39, 0.29) is 35.5 Å². The summed E-state index contributed by atoms with van der Waals surface area (Å²) in [6.07, 6.45) is 1.70. The van der Waals surface area contributed by atoms with Crippen molar-refractivity contribution in [2.75, 3.05) is 5.32 Å². The number of benzene rings is 1. The lowest BCUT2D eigenvalue weighted by atomic mass is 10.1. The molecule has 1 aliphatic rings. The fourth-order valence-electron chi connectivity index (χ4n) is 3.78. The fourth-order valence-corrected chi connectivity index (χ4v) is 4.55. The standard InChI is InChI=1S/C22H24Cl2N5O6P/c1-4-5-14-16(35-36(31)32)9-17(33-14)29-10-25-18-19(29)26-22(27-20(30)11(2)3)28-21(18)34-15-8-12(23)6-7-13(15)24/h6-8,10-11,14,16-17H,4-5,9H2,1-3H3,(H-,26,27,28,30,31,32)/p+1. The fraction of sp³-hybridized carbons (Fsp3) is 0.455. The Morgan fingerprint density at radius 1 is 1.36 bits per heavy atom. The molecular formula is C22H25Cl2N5O6P+. The first-order chi connectivity index (χ1) is 17.2. The molecule has 0 radical (unpaired) electrons. The van der Waals surface area contributed by atoms with Crippen LogP contribution in [0.1, 0.15) is 46.3 Å². The molecule has 2 aromatic heterocycles. The average Bonchev–Trinajstić information content (AvgIpc) is 3.40. The molecule has 0 aliphatic carbocycles. The summed E-state index contributed by atoms with van der Waals surface area (Å²) in [5.74, 6) is -0.290. The van der Waals surface area contributed by atoms with Gasteiger partial charge in [0.05, 0.1) is 17.5 Å². The Kier molecular flexibility index (Phi) is 8.39. The van der Waals surface area contributed by atoms with Crippen molar-refractivity contribution in [3.8, 4) is 11.6 Å². The molecule has 1 saturated heterocycles. The molecule has 1 amide bonds. The van der Waals surface area contributed by atoms with Gasteiger partial charge in [-0.1, -0.05) is 50.4 Å². The van der Waals surface area contributed by atoms with Crippen molar-refractivity contribution >= 4 is 54.5 Å². The number of carbonyl (C=O) groups excluding carboxylic acids is 1. The molecule has 4 atom stereocenters. The molecule has 192 valence electrons. The predicted molar refractivity (Wildman–Crippen MR) is 133 cm³/mol. The van der Waals surface area contributed by atoms with E-state index in [0.717, 1.165) is 6.42 Å². The zero-order chi connectivity index (χ0) is 26.0. The van der Waals surface area contributed by atoms with Crippen LogP contribution in [0.25, 0.3) is 11.2 Å². The molecule has 36 heavy (non-hydrogen) atoms. The largest absolute Gasteiger partial charge is 0.695 e. The number of amides is 1. The summed E-state index contributed by atoms with van der Waals surface area (Å²) in [5.41, 5.74) is 0.619. The number of nitrogens with zero attached hydrogens (tertiary/aromatic N) is 4. The van der Waals surface area contributed by atoms with E-state index in [4.69, 9.17) is 37.2 Å². The third-order valence-electron chi connectivity index (χ3n) is 5.54. The van der Waals surface area contributed by atoms with Gasteiger partial charge in [0.15, 0.2) is 11.2 Å². The van der Waals surface area contributed by atoms with E-state index in [1.807, 2.05) is 6.92 Å². The number of halogens is 2. The number of aromatic nitrogens is 4. The Balaban J connectivity index is 1.75. The Hall–Kier alpha value is -2.40. The predicted octanol–water partition coefficient (Wildman–Crippen LogP) is 5.64. The van der Waals surface area contributed by atoms with Gasteiger partial charge in [0, 0.05) is 28.0 Å². The Labute approximate surface area is 218 Å². The highest BCUT2D eigenvalue weighted by molar-refractivity contribution is 7.32. The van der Waals surface area contributed by atoms with Gasteiger partial charge < -0.3 is 9.47 Å². The highest BCUT2D eigenvalue weighted by atomic mass is 35.5. The van der Waals surface area contributed by atoms with Crippen molar-refractivity contribution in [1.29, 1.82) is 0 Å². The molecule has 1 fully saturated rings. The molecule has 1 aliphatic heterocycles. The van der Waals surface area contributed by atoms with E-state index in [1.54, 1.807) is 30.5 Å². The second-order valence-electron chi connectivity index (χ2n) is 8.53. The molecule has 2 N–H and O–H groups in total. The smallest absolute Gasteiger partial charge is 0.435 e. The number of carbonyl (C=O) groups is 1. The first-order valence-corrected chi connectivity index (χ1v) is 13.2. The summed E-state index contributed by atoms with van der Waals surface area (Å²) in [5, 5.41) is 3.39. The van der Waals surface area contributed by atoms with Gasteiger partial charge in [0.1, 0.15) is 18.1 Å². The van der Waals surface area contributed by atoms with Gasteiger partial charge in [0.25, 0.3) is 5.88 Å². The zero-order valence-electron chi connectivity index (χ0n) is 19.7. The average molecular weight is 557 g/mol. The number of hydrogen-bond donors (Lipinski definition) is 2. The van der Waals surface area contributed by atoms with E-state index in [9.17, 15) is 14.3 Å². The van der Waals surface area contributed by atoms with Crippen molar-refractivity contribution in [2.45, 2.75) is 58.5 Å². The van der Waals surface area contributed by atoms with Crippen LogP contribution in [0.15, 0.2) is 24.5 Å². The molecule has 4 unspecified atom stereocenters. The molecule has 0 saturated carbocycles. The van der Waals surface area contributed by atoms with Gasteiger partial charge in [-0.05, 0) is 18.6 Å². The molecule has 3 heterocycles. The Morgan fingerprint density at radius 2 is 2.14 bits per heavy atom. The number of nitrogens with one attached hydrogen (secondary N) is 1. The van der Waals surface area contributed by atoms with Crippen molar-refractivity contribution in [3.05, 3.63) is 34.6 Å². The Bertz CT molecular complexity index is 1290. The molecule has 0 bridgehead atoms. The first-order valence-electron chi connectivity index (χ1n) is 11.3. The van der Waals surface area contributed by atoms with E-state index in [1.165, 1.54) is 12.4 Å². The van der Waals surface area contributed by atoms with Crippen molar-refractivity contribution in [3.63, 3.8) is 0 Å². The number of imidazole rings is 1. The van der Waals surface area contributed by atoms with Gasteiger partial charge in [0.2, 0.25) is 11.9 Å². The van der Waals surface area contributed by atoms with Gasteiger partial charge in [-0.25, -0.2) is 4.98 Å². The van der Waals surface area contributed by atoms with Crippen LogP contribution in [-0.4, -0.2) is 42.5 Å². The van der Waals surface area contributed by atoms with Gasteiger partial charge in [-0.2, -0.15) is 9.97 Å². The van der Waals surface area contributed by atoms with Crippen LogP contribution in [-0.2, 0) is 18.6 Å². The minimum absolute atomic E-state index is 0.00504. The number of anilines is 1. The Morgan fingerprint density at radius 3 is 2.83 bits per heavy atom. The highest BCUT2D eigenvalue weighted by Crippen LogP contribution is 2.40. The number of hydrogen-bond acceptors (Lipinski definition) is 8. The van der Waals surface area contributed by atoms with E-state index < -0.39 is 20.6 Å². The monoisotopic (exact) mass is 556 g/mol. The SMILES string of the molecule is CCCC1OC(n2cnc3c(Oc4cc(Cl)ccc4Cl)nc(NC(=O)C(C)C)nc32)CC1O[P+](=O)O. The highest BCUT2D eigenvalue weighted by Gasteiger charge is 2.42. The molecule has 14 heteroatoms. The van der Waals surface area contributed by atoms with Crippen LogP contribution in [0.3, 0.4) is 0 Å². The maximum atomic E-state index is 12.4. The number of ether oxygens (including phenoxy) is 2. The van der Waals surface area contributed by atoms with Crippen molar-refractivity contribution < 1.29 is 28.3 Å². The lowest BCUT2D eigenvalue weighted by Crippen LogP contribution is -2.21. The lowest BCUT2D eigenvalue weighted by Gasteiger charge is -2.15. The molecule has 1 aromatic carbocycles. The summed E-state index contributed by atoms with van der Waals surface area (Å²) in [6, 6.07) is 4.75. The zero-order valence-corrected chi connectivity index (χ0v) is 22.1. The topological polar surface area (TPSA) is 138 Å². The summed E-state index contributed by atoms with van der Waals surface area (Å²) in [7, 11) is -2.79. The minimum Gasteiger partial charge on any atom is -0.435 e. The summed E-state index contributed by atoms with van der Waals surface area (Å²) in [4.78, 5) is 34.9. The maximum absolute atomic E-state index is 12.4. The number of fused-ring (bicyclic) bond motifs is 1. The van der Waals surface area contributed by atoms with Gasteiger partial charge in [-0.3, -0.25) is 14.7 Å². The van der Waals surface area contributed by atoms with Crippen molar-refractivity contribution in [2.24, 2.45) is 5.92 Å². The minimum atomic E-state index is -2.79. The molecule has 11 nitrogen and oxygen atoms in total. The summed E-state index contributed by atoms with van der Waals surface area (Å²) in [6.45, 7) is 5.47. The van der Waals surface area contributed by atoms with Crippen LogP contribution >= 0.6 is 31.5 Å². The van der Waals surface area contributed by atoms with Crippen LogP contribution in [0.5, 0.6) is 11.6 Å². The number of rotatable bonds is 9. The van der Waals surface area contributed by atoms with Gasteiger partial charge in [-0.15, -0.1) is 9.42 Å². The van der Waals surface area contributed by atoms with Crippen molar-refractivity contribution in [1.82, 2.24) is 19.5 Å². The third kappa shape index (κ3) is 5.94. The second kappa shape index (κ2) is 11.3. The molecule has 3 aromatic rings. The van der Waals surface area contributed by atoms with Crippen LogP contribution < -0.4 is 10.1 Å². The van der Waals surface area contributed by atoms with Crippen LogP contribution in [0.2, 0.25) is 10.0 Å². The van der Waals surface area contributed by atoms with E-state index in [2.05, 4.69) is 20.3 Å². The maximum Gasteiger partial charge on any atom is 0.695 e. The third-order valence-corrected chi connectivity index (χ3v) is 6.54. The lowest BCUT2D eigenvalue weighted by molar-refractivity contribution is -0.118. The first kappa shape index (κ1) is 26.7. The quantitative estimate of drug-likeness (QED) is 0.320. The molecule has 4 rings (SSSR count). The molecule has 0 spiro atoms. The molecular weight excluding hydrogens is 532 g/mol. The summed E-state index contributed by atoms with van der Waals surface area (Å²) >= 11 is 12.4. The van der Waals surface area contributed by atoms with Gasteiger partial charge >= 0.3 is 8.25 Å². The normalized spacial score (nSPS) is 20.2. The van der Waals surface area contributed by atoms with E-state index >= 15 is 0 Å². The van der Waals surface area contributed by atoms with E-state index in [0.29, 0.717) is 34.1 Å². The van der Waals surface area contributed by atoms with Crippen LogP contribution in [0, 0.1) is 5.92 Å². The second-order valence-corrected chi connectivity index (χ2v) is 10.1. The van der Waals surface area contributed by atoms with Crippen LogP contribution in [0.4, 0.5) is 5.95 Å².